The second-order valence-corrected chi connectivity index (χ2v) is 6.67. The van der Waals surface area contributed by atoms with Gasteiger partial charge in [-0.3, -0.25) is 14.9 Å². The van der Waals surface area contributed by atoms with Crippen LogP contribution in [0.1, 0.15) is 12.5 Å². The van der Waals surface area contributed by atoms with E-state index in [9.17, 15) is 14.9 Å². The van der Waals surface area contributed by atoms with Crippen molar-refractivity contribution in [3.8, 4) is 5.75 Å². The highest BCUT2D eigenvalue weighted by Crippen LogP contribution is 2.28. The molecular weight excluding hydrogens is 458 g/mol. The quantitative estimate of drug-likeness (QED) is 0.391. The van der Waals surface area contributed by atoms with Crippen molar-refractivity contribution >= 4 is 49.2 Å². The van der Waals surface area contributed by atoms with Crippen LogP contribution in [-0.2, 0) is 4.79 Å². The van der Waals surface area contributed by atoms with Gasteiger partial charge in [0.25, 0.3) is 11.6 Å². The van der Waals surface area contributed by atoms with E-state index in [-0.39, 0.29) is 12.3 Å². The molecule has 7 nitrogen and oxygen atoms in total. The molecule has 0 saturated heterocycles. The van der Waals surface area contributed by atoms with E-state index >= 15 is 0 Å². The Morgan fingerprint density at radius 1 is 1.24 bits per heavy atom. The number of carbonyl (C=O) groups excluding carboxylic acids is 1. The SMILES string of the molecule is CC(=NNC(=O)COc1ccc(Br)cc1Br)c1ccc([N+](=O)[O-])cc1. The number of hydrogen-bond donors (Lipinski definition) is 1. The Hall–Kier alpha value is -2.26. The first-order chi connectivity index (χ1) is 11.9. The molecule has 25 heavy (non-hydrogen) atoms. The lowest BCUT2D eigenvalue weighted by Gasteiger charge is -2.08. The van der Waals surface area contributed by atoms with Crippen molar-refractivity contribution in [1.29, 1.82) is 0 Å². The summed E-state index contributed by atoms with van der Waals surface area (Å²) in [5.74, 6) is 0.116. The van der Waals surface area contributed by atoms with Crippen LogP contribution >= 0.6 is 31.9 Å². The van der Waals surface area contributed by atoms with Gasteiger partial charge in [0.1, 0.15) is 5.75 Å². The first-order valence-electron chi connectivity index (χ1n) is 7.02. The number of amides is 1. The lowest BCUT2D eigenvalue weighted by molar-refractivity contribution is -0.384. The summed E-state index contributed by atoms with van der Waals surface area (Å²) in [6.07, 6.45) is 0. The fourth-order valence-corrected chi connectivity index (χ4v) is 2.96. The maximum Gasteiger partial charge on any atom is 0.277 e. The number of carbonyl (C=O) groups is 1. The lowest BCUT2D eigenvalue weighted by Crippen LogP contribution is -2.25. The zero-order valence-electron chi connectivity index (χ0n) is 13.0. The Balaban J connectivity index is 1.91. The maximum atomic E-state index is 11.8. The molecule has 0 heterocycles. The van der Waals surface area contributed by atoms with Gasteiger partial charge in [-0.1, -0.05) is 15.9 Å². The van der Waals surface area contributed by atoms with Gasteiger partial charge in [-0.05, 0) is 58.7 Å². The number of benzene rings is 2. The molecule has 0 bridgehead atoms. The number of nitro groups is 1. The van der Waals surface area contributed by atoms with Gasteiger partial charge in [0.15, 0.2) is 6.61 Å². The fraction of sp³-hybridized carbons (Fsp3) is 0.125. The van der Waals surface area contributed by atoms with Gasteiger partial charge in [0, 0.05) is 16.6 Å². The molecule has 130 valence electrons. The second kappa shape index (κ2) is 8.72. The maximum absolute atomic E-state index is 11.8. The molecule has 1 N–H and O–H groups in total. The van der Waals surface area contributed by atoms with Crippen LogP contribution in [0, 0.1) is 10.1 Å². The van der Waals surface area contributed by atoms with Crippen LogP contribution in [0.25, 0.3) is 0 Å². The number of ether oxygens (including phenoxy) is 1. The third-order valence-electron chi connectivity index (χ3n) is 3.10. The van der Waals surface area contributed by atoms with Crippen molar-refractivity contribution in [2.24, 2.45) is 5.10 Å². The summed E-state index contributed by atoms with van der Waals surface area (Å²) in [7, 11) is 0. The van der Waals surface area contributed by atoms with Crippen LogP contribution in [0.15, 0.2) is 56.5 Å². The molecule has 0 fully saturated rings. The van der Waals surface area contributed by atoms with Crippen molar-refractivity contribution in [1.82, 2.24) is 5.43 Å². The minimum absolute atomic E-state index is 0.00550. The van der Waals surface area contributed by atoms with Crippen LogP contribution in [0.3, 0.4) is 0 Å². The number of nitrogens with one attached hydrogen (secondary N) is 1. The van der Waals surface area contributed by atoms with Crippen LogP contribution in [-0.4, -0.2) is 23.1 Å². The van der Waals surface area contributed by atoms with Crippen molar-refractivity contribution in [2.45, 2.75) is 6.92 Å². The molecule has 2 aromatic rings. The average molecular weight is 471 g/mol. The molecule has 0 unspecified atom stereocenters. The van der Waals surface area contributed by atoms with Crippen LogP contribution in [0.5, 0.6) is 5.75 Å². The van der Waals surface area contributed by atoms with Gasteiger partial charge < -0.3 is 4.74 Å². The lowest BCUT2D eigenvalue weighted by atomic mass is 10.1. The number of nitrogens with zero attached hydrogens (tertiary/aromatic N) is 2. The Morgan fingerprint density at radius 2 is 1.92 bits per heavy atom. The molecule has 2 aromatic carbocycles. The molecule has 9 heteroatoms. The first kappa shape index (κ1) is 19.1. The van der Waals surface area contributed by atoms with E-state index in [1.54, 1.807) is 31.2 Å². The third kappa shape index (κ3) is 5.64. The molecule has 1 amide bonds. The summed E-state index contributed by atoms with van der Waals surface area (Å²) in [6.45, 7) is 1.49. The molecule has 0 radical (unpaired) electrons. The van der Waals surface area contributed by atoms with E-state index < -0.39 is 10.8 Å². The van der Waals surface area contributed by atoms with Gasteiger partial charge in [-0.15, -0.1) is 0 Å². The van der Waals surface area contributed by atoms with Crippen LogP contribution < -0.4 is 10.2 Å². The van der Waals surface area contributed by atoms with Crippen LogP contribution in [0.4, 0.5) is 5.69 Å². The van der Waals surface area contributed by atoms with Crippen molar-refractivity contribution < 1.29 is 14.5 Å². The molecule has 0 aromatic heterocycles. The number of non-ortho nitro benzene ring substituents is 1. The molecule has 2 rings (SSSR count). The second-order valence-electron chi connectivity index (χ2n) is 4.90. The summed E-state index contributed by atoms with van der Waals surface area (Å²) in [5.41, 5.74) is 3.57. The van der Waals surface area contributed by atoms with Crippen molar-refractivity contribution in [3.63, 3.8) is 0 Å². The van der Waals surface area contributed by atoms with Gasteiger partial charge in [-0.2, -0.15) is 5.10 Å². The summed E-state index contributed by atoms with van der Waals surface area (Å²) in [4.78, 5) is 22.0. The molecule has 0 saturated carbocycles. The van der Waals surface area contributed by atoms with Gasteiger partial charge in [-0.25, -0.2) is 5.43 Å². The van der Waals surface area contributed by atoms with E-state index in [4.69, 9.17) is 4.74 Å². The normalized spacial score (nSPS) is 11.1. The number of nitro benzene ring substituents is 1. The molecular formula is C16H13Br2N3O4. The van der Waals surface area contributed by atoms with Gasteiger partial charge >= 0.3 is 0 Å². The highest BCUT2D eigenvalue weighted by atomic mass is 79.9. The third-order valence-corrected chi connectivity index (χ3v) is 4.21. The van der Waals surface area contributed by atoms with E-state index in [1.807, 2.05) is 6.07 Å². The van der Waals surface area contributed by atoms with E-state index in [0.717, 1.165) is 8.95 Å². The number of rotatable bonds is 6. The Kier molecular flexibility index (Phi) is 6.65. The molecule has 0 aliphatic heterocycles. The zero-order valence-corrected chi connectivity index (χ0v) is 16.2. The standard InChI is InChI=1S/C16H13Br2N3O4/c1-10(11-2-5-13(6-3-11)21(23)24)19-20-16(22)9-25-15-7-4-12(17)8-14(15)18/h2-8H,9H2,1H3,(H,20,22). The average Bonchev–Trinajstić information content (AvgIpc) is 2.59. The fourth-order valence-electron chi connectivity index (χ4n) is 1.80. The number of hydrazone groups is 1. The molecule has 0 aliphatic rings. The topological polar surface area (TPSA) is 93.8 Å². The van der Waals surface area contributed by atoms with Crippen LogP contribution in [0.2, 0.25) is 0 Å². The molecule has 0 spiro atoms. The van der Waals surface area contributed by atoms with E-state index in [2.05, 4.69) is 42.4 Å². The molecule has 0 aliphatic carbocycles. The Labute approximate surface area is 160 Å². The highest BCUT2D eigenvalue weighted by Gasteiger charge is 2.08. The van der Waals surface area contributed by atoms with Gasteiger partial charge in [0.05, 0.1) is 15.1 Å². The highest BCUT2D eigenvalue weighted by molar-refractivity contribution is 9.11. The molecule has 0 atom stereocenters. The Morgan fingerprint density at radius 3 is 2.52 bits per heavy atom. The minimum atomic E-state index is -0.477. The van der Waals surface area contributed by atoms with Crippen molar-refractivity contribution in [3.05, 3.63) is 67.1 Å². The number of halogens is 2. The summed E-state index contributed by atoms with van der Waals surface area (Å²) >= 11 is 6.68. The predicted molar refractivity (Wildman–Crippen MR) is 101 cm³/mol. The largest absolute Gasteiger partial charge is 0.483 e. The van der Waals surface area contributed by atoms with Gasteiger partial charge in [0.2, 0.25) is 0 Å². The van der Waals surface area contributed by atoms with E-state index in [0.29, 0.717) is 17.0 Å². The smallest absolute Gasteiger partial charge is 0.277 e. The number of hydrogen-bond acceptors (Lipinski definition) is 5. The summed E-state index contributed by atoms with van der Waals surface area (Å²) in [5, 5.41) is 14.6. The first-order valence-corrected chi connectivity index (χ1v) is 8.61. The predicted octanol–water partition coefficient (Wildman–Crippen LogP) is 4.04. The monoisotopic (exact) mass is 469 g/mol. The van der Waals surface area contributed by atoms with Crippen molar-refractivity contribution in [2.75, 3.05) is 6.61 Å². The summed E-state index contributed by atoms with van der Waals surface area (Å²) < 4.78 is 7.02. The Bertz CT molecular complexity index is 823. The summed E-state index contributed by atoms with van der Waals surface area (Å²) in [6, 6.07) is 11.2. The zero-order chi connectivity index (χ0) is 18.4. The van der Waals surface area contributed by atoms with E-state index in [1.165, 1.54) is 12.1 Å². The minimum Gasteiger partial charge on any atom is -0.483 e.